The molecule has 0 rings (SSSR count). The fourth-order valence-corrected chi connectivity index (χ4v) is 2.99. The number of hydrogen-bond acceptors (Lipinski definition) is 5. The number of aliphatic imine (C=N–C) groups is 1. The molecule has 0 spiro atoms. The molecule has 0 heterocycles. The van der Waals surface area contributed by atoms with Crippen molar-refractivity contribution in [3.63, 3.8) is 0 Å². The number of unbranched alkanes of at least 4 members (excludes halogenated alkanes) is 12. The van der Waals surface area contributed by atoms with E-state index in [9.17, 15) is 9.90 Å². The van der Waals surface area contributed by atoms with Crippen molar-refractivity contribution in [2.45, 2.75) is 96.8 Å². The van der Waals surface area contributed by atoms with E-state index in [4.69, 9.17) is 14.6 Å². The minimum absolute atomic E-state index is 0. The van der Waals surface area contributed by atoms with Crippen molar-refractivity contribution in [3.8, 4) is 0 Å². The molecule has 0 aliphatic heterocycles. The minimum atomic E-state index is -0.992. The molecule has 0 saturated heterocycles. The van der Waals surface area contributed by atoms with Crippen LogP contribution in [0.4, 0.5) is 0 Å². The SMILES string of the molecule is CCCCCCCCCCCCCCCC([O-])=NCCOCCOCC(=O)O.[Na+]. The van der Waals surface area contributed by atoms with Crippen molar-refractivity contribution >= 4 is 11.9 Å². The Kier molecular flexibility index (Phi) is 27.7. The van der Waals surface area contributed by atoms with Crippen molar-refractivity contribution in [1.82, 2.24) is 0 Å². The maximum atomic E-state index is 11.6. The summed E-state index contributed by atoms with van der Waals surface area (Å²) < 4.78 is 10.1. The predicted octanol–water partition coefficient (Wildman–Crippen LogP) is 1.35. The molecule has 166 valence electrons. The summed E-state index contributed by atoms with van der Waals surface area (Å²) in [5.74, 6) is -1.04. The Morgan fingerprint density at radius 2 is 1.28 bits per heavy atom. The standard InChI is InChI=1S/C22H43NO5.Na/c1-2-3-4-5-6-7-8-9-10-11-12-13-14-15-21(24)23-16-17-27-18-19-28-20-22(25)26;/h2-20H2,1H3,(H,23,24)(H,25,26);/q;+1/p-1. The van der Waals surface area contributed by atoms with E-state index in [1.807, 2.05) is 0 Å². The molecule has 0 unspecified atom stereocenters. The minimum Gasteiger partial charge on any atom is -0.862 e. The first-order valence-electron chi connectivity index (χ1n) is 11.2. The van der Waals surface area contributed by atoms with Gasteiger partial charge in [-0.3, -0.25) is 0 Å². The van der Waals surface area contributed by atoms with Gasteiger partial charge in [-0.05, 0) is 18.7 Å². The Morgan fingerprint density at radius 3 is 1.79 bits per heavy atom. The van der Waals surface area contributed by atoms with Crippen LogP contribution in [0.2, 0.25) is 0 Å². The van der Waals surface area contributed by atoms with E-state index in [0.29, 0.717) is 26.2 Å². The first-order valence-corrected chi connectivity index (χ1v) is 11.2. The number of rotatable bonds is 22. The molecule has 0 radical (unpaired) electrons. The van der Waals surface area contributed by atoms with Gasteiger partial charge in [-0.25, -0.2) is 4.79 Å². The third-order valence-electron chi connectivity index (χ3n) is 4.62. The number of carboxylic acid groups (broad SMARTS) is 1. The molecule has 0 saturated carbocycles. The molecular formula is C22H42NNaO5. The Labute approximate surface area is 200 Å². The average molecular weight is 424 g/mol. The van der Waals surface area contributed by atoms with Crippen LogP contribution in [-0.2, 0) is 14.3 Å². The van der Waals surface area contributed by atoms with E-state index < -0.39 is 5.97 Å². The van der Waals surface area contributed by atoms with E-state index in [-0.39, 0.29) is 48.7 Å². The topological polar surface area (TPSA) is 91.2 Å². The summed E-state index contributed by atoms with van der Waals surface area (Å²) in [6.07, 6.45) is 17.4. The van der Waals surface area contributed by atoms with Crippen LogP contribution < -0.4 is 34.7 Å². The van der Waals surface area contributed by atoms with Crippen LogP contribution in [0.3, 0.4) is 0 Å². The van der Waals surface area contributed by atoms with Gasteiger partial charge in [0.2, 0.25) is 0 Å². The average Bonchev–Trinajstić information content (AvgIpc) is 2.67. The maximum Gasteiger partial charge on any atom is 1.00 e. The van der Waals surface area contributed by atoms with E-state index in [1.54, 1.807) is 0 Å². The van der Waals surface area contributed by atoms with Crippen molar-refractivity contribution in [3.05, 3.63) is 0 Å². The smallest absolute Gasteiger partial charge is 0.862 e. The second-order valence-corrected chi connectivity index (χ2v) is 7.33. The van der Waals surface area contributed by atoms with Gasteiger partial charge in [-0.1, -0.05) is 84.0 Å². The number of carboxylic acids is 1. The molecule has 29 heavy (non-hydrogen) atoms. The Balaban J connectivity index is 0. The third kappa shape index (κ3) is 27.9. The number of nitrogens with zero attached hydrogens (tertiary/aromatic N) is 1. The summed E-state index contributed by atoms with van der Waals surface area (Å²) >= 11 is 0. The number of aliphatic carboxylic acids is 1. The molecule has 0 aliphatic rings. The maximum absolute atomic E-state index is 11.6. The quantitative estimate of drug-likeness (QED) is 0.123. The molecule has 0 aromatic rings. The molecule has 0 amide bonds. The van der Waals surface area contributed by atoms with E-state index in [2.05, 4.69) is 11.9 Å². The van der Waals surface area contributed by atoms with Crippen molar-refractivity contribution < 1.29 is 54.0 Å². The molecule has 0 aromatic heterocycles. The van der Waals surface area contributed by atoms with Crippen LogP contribution >= 0.6 is 0 Å². The van der Waals surface area contributed by atoms with Crippen LogP contribution in [0.1, 0.15) is 96.8 Å². The zero-order valence-corrected chi connectivity index (χ0v) is 21.0. The largest absolute Gasteiger partial charge is 1.00 e. The van der Waals surface area contributed by atoms with Crippen LogP contribution in [0.15, 0.2) is 4.99 Å². The Hall–Kier alpha value is -0.140. The molecule has 0 aromatic carbocycles. The van der Waals surface area contributed by atoms with Gasteiger partial charge >= 0.3 is 35.5 Å². The van der Waals surface area contributed by atoms with Crippen LogP contribution in [0, 0.1) is 0 Å². The molecule has 0 aliphatic carbocycles. The van der Waals surface area contributed by atoms with Crippen molar-refractivity contribution in [2.75, 3.05) is 33.0 Å². The van der Waals surface area contributed by atoms with Gasteiger partial charge in [0.15, 0.2) is 0 Å². The number of carbonyl (C=O) groups is 1. The summed E-state index contributed by atoms with van der Waals surface area (Å²) in [6.45, 7) is 3.21. The van der Waals surface area contributed by atoms with E-state index >= 15 is 0 Å². The summed E-state index contributed by atoms with van der Waals surface area (Å²) in [5, 5.41) is 20.0. The predicted molar refractivity (Wildman–Crippen MR) is 112 cm³/mol. The van der Waals surface area contributed by atoms with Crippen LogP contribution in [0.5, 0.6) is 0 Å². The van der Waals surface area contributed by atoms with Crippen molar-refractivity contribution in [1.29, 1.82) is 0 Å². The molecule has 0 fully saturated rings. The second-order valence-electron chi connectivity index (χ2n) is 7.33. The van der Waals surface area contributed by atoms with Crippen LogP contribution in [0.25, 0.3) is 0 Å². The van der Waals surface area contributed by atoms with E-state index in [0.717, 1.165) is 12.8 Å². The first-order chi connectivity index (χ1) is 13.7. The van der Waals surface area contributed by atoms with Gasteiger partial charge in [0.05, 0.1) is 26.4 Å². The fourth-order valence-electron chi connectivity index (χ4n) is 2.99. The molecule has 0 atom stereocenters. The summed E-state index contributed by atoms with van der Waals surface area (Å²) in [4.78, 5) is 14.2. The molecule has 0 bridgehead atoms. The summed E-state index contributed by atoms with van der Waals surface area (Å²) in [6, 6.07) is 0. The van der Waals surface area contributed by atoms with Gasteiger partial charge in [0.1, 0.15) is 6.61 Å². The zero-order valence-electron chi connectivity index (χ0n) is 19.0. The number of ether oxygens (including phenoxy) is 2. The molecule has 7 heteroatoms. The second kappa shape index (κ2) is 25.9. The Morgan fingerprint density at radius 1 is 0.793 bits per heavy atom. The van der Waals surface area contributed by atoms with Gasteiger partial charge < -0.3 is 24.7 Å². The molecule has 1 N–H and O–H groups in total. The zero-order chi connectivity index (χ0) is 20.7. The van der Waals surface area contributed by atoms with Crippen LogP contribution in [-0.4, -0.2) is 49.9 Å². The van der Waals surface area contributed by atoms with Gasteiger partial charge in [-0.2, -0.15) is 0 Å². The molecular weight excluding hydrogens is 381 g/mol. The van der Waals surface area contributed by atoms with Gasteiger partial charge in [-0.15, -0.1) is 0 Å². The van der Waals surface area contributed by atoms with Gasteiger partial charge in [0.25, 0.3) is 0 Å². The number of hydrogen-bond donors (Lipinski definition) is 1. The summed E-state index contributed by atoms with van der Waals surface area (Å²) in [7, 11) is 0. The monoisotopic (exact) mass is 423 g/mol. The summed E-state index contributed by atoms with van der Waals surface area (Å²) in [5.41, 5.74) is 0. The third-order valence-corrected chi connectivity index (χ3v) is 4.62. The first kappa shape index (κ1) is 31.0. The Bertz CT molecular complexity index is 380. The van der Waals surface area contributed by atoms with E-state index in [1.165, 1.54) is 70.6 Å². The molecule has 6 nitrogen and oxygen atoms in total. The van der Waals surface area contributed by atoms with Gasteiger partial charge in [0, 0.05) is 0 Å². The van der Waals surface area contributed by atoms with Crippen molar-refractivity contribution in [2.24, 2.45) is 4.99 Å². The normalized spacial score (nSPS) is 11.4. The fraction of sp³-hybridized carbons (Fsp3) is 0.909.